The largest absolute Gasteiger partial charge is 0.465 e. The molecular formula is C18H12N2O2. The highest BCUT2D eigenvalue weighted by Crippen LogP contribution is 2.23. The second-order valence-corrected chi connectivity index (χ2v) is 4.67. The topological polar surface area (TPSA) is 66.0 Å². The number of furan rings is 1. The van der Waals surface area contributed by atoms with Gasteiger partial charge < -0.3 is 9.73 Å². The SMILES string of the molecule is N#C/C(=C\c1ccco1)C(=O)Nc1cccc2ccccc12. The van der Waals surface area contributed by atoms with Crippen molar-refractivity contribution in [1.82, 2.24) is 0 Å². The van der Waals surface area contributed by atoms with Crippen LogP contribution in [0.1, 0.15) is 5.76 Å². The predicted molar refractivity (Wildman–Crippen MR) is 84.9 cm³/mol. The van der Waals surface area contributed by atoms with Crippen LogP contribution < -0.4 is 5.32 Å². The fourth-order valence-corrected chi connectivity index (χ4v) is 2.19. The quantitative estimate of drug-likeness (QED) is 0.585. The molecule has 0 unspecified atom stereocenters. The van der Waals surface area contributed by atoms with Gasteiger partial charge in [0.25, 0.3) is 5.91 Å². The molecule has 0 spiro atoms. The van der Waals surface area contributed by atoms with E-state index >= 15 is 0 Å². The van der Waals surface area contributed by atoms with E-state index in [1.807, 2.05) is 48.5 Å². The van der Waals surface area contributed by atoms with Gasteiger partial charge in [-0.25, -0.2) is 0 Å². The first-order valence-corrected chi connectivity index (χ1v) is 6.72. The molecule has 1 amide bonds. The highest BCUT2D eigenvalue weighted by molar-refractivity contribution is 6.12. The normalized spacial score (nSPS) is 11.1. The number of anilines is 1. The molecule has 22 heavy (non-hydrogen) atoms. The third-order valence-corrected chi connectivity index (χ3v) is 3.23. The number of nitrogens with zero attached hydrogens (tertiary/aromatic N) is 1. The molecule has 4 heteroatoms. The van der Waals surface area contributed by atoms with Crippen molar-refractivity contribution in [2.75, 3.05) is 5.32 Å². The fraction of sp³-hybridized carbons (Fsp3) is 0. The maximum absolute atomic E-state index is 12.3. The molecule has 1 aromatic heterocycles. The Balaban J connectivity index is 1.91. The summed E-state index contributed by atoms with van der Waals surface area (Å²) < 4.78 is 5.13. The van der Waals surface area contributed by atoms with Crippen molar-refractivity contribution in [2.24, 2.45) is 0 Å². The van der Waals surface area contributed by atoms with Gasteiger partial charge >= 0.3 is 0 Å². The number of nitrogens with one attached hydrogen (secondary N) is 1. The highest BCUT2D eigenvalue weighted by atomic mass is 16.3. The van der Waals surface area contributed by atoms with Crippen LogP contribution in [-0.2, 0) is 4.79 Å². The summed E-state index contributed by atoms with van der Waals surface area (Å²) in [5.41, 5.74) is 0.659. The van der Waals surface area contributed by atoms with Crippen molar-refractivity contribution in [2.45, 2.75) is 0 Å². The summed E-state index contributed by atoms with van der Waals surface area (Å²) in [4.78, 5) is 12.3. The maximum Gasteiger partial charge on any atom is 0.266 e. The summed E-state index contributed by atoms with van der Waals surface area (Å²) in [6.45, 7) is 0. The zero-order chi connectivity index (χ0) is 15.4. The Hall–Kier alpha value is -3.32. The predicted octanol–water partition coefficient (Wildman–Crippen LogP) is 3.98. The molecule has 0 bridgehead atoms. The van der Waals surface area contributed by atoms with E-state index in [4.69, 9.17) is 9.68 Å². The lowest BCUT2D eigenvalue weighted by Gasteiger charge is -2.07. The van der Waals surface area contributed by atoms with E-state index in [1.165, 1.54) is 12.3 Å². The van der Waals surface area contributed by atoms with Crippen LogP contribution in [0.3, 0.4) is 0 Å². The van der Waals surface area contributed by atoms with Crippen LogP contribution in [0.25, 0.3) is 16.8 Å². The van der Waals surface area contributed by atoms with Gasteiger partial charge in [-0.05, 0) is 23.6 Å². The molecule has 106 valence electrons. The van der Waals surface area contributed by atoms with Gasteiger partial charge in [-0.1, -0.05) is 36.4 Å². The zero-order valence-electron chi connectivity index (χ0n) is 11.6. The number of fused-ring (bicyclic) bond motifs is 1. The summed E-state index contributed by atoms with van der Waals surface area (Å²) >= 11 is 0. The minimum absolute atomic E-state index is 0.0112. The van der Waals surface area contributed by atoms with Crippen molar-refractivity contribution in [3.8, 4) is 6.07 Å². The van der Waals surface area contributed by atoms with Gasteiger partial charge in [0.1, 0.15) is 17.4 Å². The van der Waals surface area contributed by atoms with Gasteiger partial charge in [-0.3, -0.25) is 4.79 Å². The standard InChI is InChI=1S/C18H12N2O2/c19-12-14(11-15-7-4-10-22-15)18(21)20-17-9-3-6-13-5-1-2-8-16(13)17/h1-11H,(H,20,21)/b14-11+. The van der Waals surface area contributed by atoms with E-state index in [9.17, 15) is 4.79 Å². The van der Waals surface area contributed by atoms with Gasteiger partial charge in [-0.15, -0.1) is 0 Å². The van der Waals surface area contributed by atoms with Gasteiger partial charge in [0.05, 0.1) is 6.26 Å². The lowest BCUT2D eigenvalue weighted by atomic mass is 10.1. The van der Waals surface area contributed by atoms with Crippen LogP contribution in [-0.4, -0.2) is 5.91 Å². The average molecular weight is 288 g/mol. The van der Waals surface area contributed by atoms with E-state index in [1.54, 1.807) is 12.1 Å². The summed E-state index contributed by atoms with van der Waals surface area (Å²) in [5.74, 6) is -0.000118. The van der Waals surface area contributed by atoms with Crippen LogP contribution in [0.5, 0.6) is 0 Å². The molecule has 0 saturated carbocycles. The Bertz CT molecular complexity index is 882. The number of carbonyl (C=O) groups is 1. The van der Waals surface area contributed by atoms with Crippen LogP contribution >= 0.6 is 0 Å². The molecule has 0 aliphatic heterocycles. The number of carbonyl (C=O) groups excluding carboxylic acids is 1. The third-order valence-electron chi connectivity index (χ3n) is 3.23. The molecule has 0 radical (unpaired) electrons. The number of hydrogen-bond acceptors (Lipinski definition) is 3. The van der Waals surface area contributed by atoms with E-state index in [2.05, 4.69) is 5.32 Å². The molecule has 3 rings (SSSR count). The second-order valence-electron chi connectivity index (χ2n) is 4.67. The molecule has 0 saturated heterocycles. The van der Waals surface area contributed by atoms with Crippen molar-refractivity contribution in [3.63, 3.8) is 0 Å². The van der Waals surface area contributed by atoms with E-state index in [0.29, 0.717) is 11.4 Å². The van der Waals surface area contributed by atoms with Gasteiger partial charge in [-0.2, -0.15) is 5.26 Å². The van der Waals surface area contributed by atoms with Crippen LogP contribution in [0.4, 0.5) is 5.69 Å². The number of amides is 1. The molecule has 1 heterocycles. The Morgan fingerprint density at radius 3 is 2.68 bits per heavy atom. The first-order valence-electron chi connectivity index (χ1n) is 6.72. The number of rotatable bonds is 3. The second kappa shape index (κ2) is 5.98. The molecule has 3 aromatic rings. The van der Waals surface area contributed by atoms with Crippen molar-refractivity contribution >= 4 is 28.4 Å². The molecule has 2 aromatic carbocycles. The summed E-state index contributed by atoms with van der Waals surface area (Å²) in [6.07, 6.45) is 2.91. The zero-order valence-corrected chi connectivity index (χ0v) is 11.6. The minimum atomic E-state index is -0.463. The Morgan fingerprint density at radius 1 is 1.09 bits per heavy atom. The Labute approximate surface area is 127 Å². The molecule has 1 N–H and O–H groups in total. The highest BCUT2D eigenvalue weighted by Gasteiger charge is 2.11. The lowest BCUT2D eigenvalue weighted by molar-refractivity contribution is -0.112. The molecule has 0 aliphatic rings. The Morgan fingerprint density at radius 2 is 1.91 bits per heavy atom. The first kappa shape index (κ1) is 13.7. The van der Waals surface area contributed by atoms with Crippen LogP contribution in [0.15, 0.2) is 70.9 Å². The van der Waals surface area contributed by atoms with Gasteiger partial charge in [0.15, 0.2) is 0 Å². The molecular weight excluding hydrogens is 276 g/mol. The third kappa shape index (κ3) is 2.74. The number of hydrogen-bond donors (Lipinski definition) is 1. The summed E-state index contributed by atoms with van der Waals surface area (Å²) in [6, 6.07) is 18.6. The van der Waals surface area contributed by atoms with Gasteiger partial charge in [0.2, 0.25) is 0 Å². The average Bonchev–Trinajstić information content (AvgIpc) is 3.06. The minimum Gasteiger partial charge on any atom is -0.465 e. The smallest absolute Gasteiger partial charge is 0.266 e. The number of nitriles is 1. The van der Waals surface area contributed by atoms with Crippen molar-refractivity contribution < 1.29 is 9.21 Å². The van der Waals surface area contributed by atoms with E-state index < -0.39 is 5.91 Å². The van der Waals surface area contributed by atoms with E-state index in [-0.39, 0.29) is 5.57 Å². The monoisotopic (exact) mass is 288 g/mol. The molecule has 0 atom stereocenters. The molecule has 0 aliphatic carbocycles. The Kier molecular flexibility index (Phi) is 3.71. The van der Waals surface area contributed by atoms with Crippen LogP contribution in [0, 0.1) is 11.3 Å². The summed E-state index contributed by atoms with van der Waals surface area (Å²) in [7, 11) is 0. The molecule has 0 fully saturated rings. The first-order chi connectivity index (χ1) is 10.8. The van der Waals surface area contributed by atoms with E-state index in [0.717, 1.165) is 10.8 Å². The number of benzene rings is 2. The van der Waals surface area contributed by atoms with Crippen molar-refractivity contribution in [1.29, 1.82) is 5.26 Å². The van der Waals surface area contributed by atoms with Crippen LogP contribution in [0.2, 0.25) is 0 Å². The van der Waals surface area contributed by atoms with Crippen molar-refractivity contribution in [3.05, 3.63) is 72.2 Å². The lowest BCUT2D eigenvalue weighted by Crippen LogP contribution is -2.13. The maximum atomic E-state index is 12.3. The fourth-order valence-electron chi connectivity index (χ4n) is 2.19. The summed E-state index contributed by atoms with van der Waals surface area (Å²) in [5, 5.41) is 13.9. The van der Waals surface area contributed by atoms with Gasteiger partial charge in [0, 0.05) is 17.1 Å². The molecule has 4 nitrogen and oxygen atoms in total.